The highest BCUT2D eigenvalue weighted by Crippen LogP contribution is 2.19. The molecule has 1 atom stereocenters. The van der Waals surface area contributed by atoms with Gasteiger partial charge in [0.15, 0.2) is 0 Å². The van der Waals surface area contributed by atoms with E-state index in [1.807, 2.05) is 6.92 Å². The topological polar surface area (TPSA) is 75.4 Å². The molecule has 0 spiro atoms. The fourth-order valence-corrected chi connectivity index (χ4v) is 1.82. The van der Waals surface area contributed by atoms with E-state index in [1.54, 1.807) is 18.7 Å². The molecular weight excluding hydrogens is 242 g/mol. The third-order valence-corrected chi connectivity index (χ3v) is 2.97. The number of nitrogens with one attached hydrogen (secondary N) is 1. The van der Waals surface area contributed by atoms with E-state index in [4.69, 9.17) is 5.73 Å². The molecule has 6 heteroatoms. The molecule has 0 aromatic rings. The molecule has 1 aliphatic rings. The van der Waals surface area contributed by atoms with Gasteiger partial charge in [0, 0.05) is 25.6 Å². The van der Waals surface area contributed by atoms with E-state index in [9.17, 15) is 9.59 Å². The molecule has 0 aromatic heterocycles. The Bertz CT molecular complexity index is 292. The van der Waals surface area contributed by atoms with E-state index < -0.39 is 5.54 Å². The third kappa shape index (κ3) is 3.85. The van der Waals surface area contributed by atoms with Crippen molar-refractivity contribution in [1.82, 2.24) is 10.2 Å². The summed E-state index contributed by atoms with van der Waals surface area (Å²) in [5.41, 5.74) is 4.87. The van der Waals surface area contributed by atoms with Gasteiger partial charge in [-0.05, 0) is 27.2 Å². The molecule has 0 aromatic carbocycles. The summed E-state index contributed by atoms with van der Waals surface area (Å²) in [5, 5.41) is 2.76. The van der Waals surface area contributed by atoms with Crippen molar-refractivity contribution in [2.75, 3.05) is 13.1 Å². The molecule has 1 rings (SSSR count). The molecule has 0 aliphatic carbocycles. The number of rotatable bonds is 3. The quantitative estimate of drug-likeness (QED) is 0.768. The first kappa shape index (κ1) is 16.2. The summed E-state index contributed by atoms with van der Waals surface area (Å²) >= 11 is 0. The van der Waals surface area contributed by atoms with Gasteiger partial charge in [0.2, 0.25) is 11.8 Å². The fourth-order valence-electron chi connectivity index (χ4n) is 1.82. The average molecular weight is 264 g/mol. The standard InChI is InChI=1S/C11H21N3O2.ClH/c1-8(12)4-5-9(15)14-7-6-13-10(16)11(14,2)3;/h8H,4-7,12H2,1-3H3,(H,13,16);1H. The average Bonchev–Trinajstić information content (AvgIpc) is 2.18. The molecule has 1 fully saturated rings. The predicted octanol–water partition coefficient (Wildman–Crippen LogP) is 0.273. The van der Waals surface area contributed by atoms with E-state index in [-0.39, 0.29) is 30.3 Å². The summed E-state index contributed by atoms with van der Waals surface area (Å²) in [4.78, 5) is 25.2. The normalized spacial score (nSPS) is 20.2. The maximum Gasteiger partial charge on any atom is 0.245 e. The number of hydrogen-bond acceptors (Lipinski definition) is 3. The van der Waals surface area contributed by atoms with Gasteiger partial charge >= 0.3 is 0 Å². The van der Waals surface area contributed by atoms with Crippen LogP contribution in [0, 0.1) is 0 Å². The van der Waals surface area contributed by atoms with Crippen molar-refractivity contribution in [3.8, 4) is 0 Å². The lowest BCUT2D eigenvalue weighted by molar-refractivity contribution is -0.149. The maximum atomic E-state index is 12.0. The van der Waals surface area contributed by atoms with Crippen molar-refractivity contribution in [2.24, 2.45) is 5.73 Å². The highest BCUT2D eigenvalue weighted by Gasteiger charge is 2.39. The van der Waals surface area contributed by atoms with Gasteiger partial charge < -0.3 is 16.0 Å². The Hall–Kier alpha value is -0.810. The zero-order valence-corrected chi connectivity index (χ0v) is 11.5. The summed E-state index contributed by atoms with van der Waals surface area (Å²) < 4.78 is 0. The monoisotopic (exact) mass is 263 g/mol. The van der Waals surface area contributed by atoms with Crippen molar-refractivity contribution < 1.29 is 9.59 Å². The minimum absolute atomic E-state index is 0. The molecule has 1 aliphatic heterocycles. The Balaban J connectivity index is 0.00000256. The lowest BCUT2D eigenvalue weighted by Gasteiger charge is -2.41. The van der Waals surface area contributed by atoms with Crippen LogP contribution in [0.5, 0.6) is 0 Å². The van der Waals surface area contributed by atoms with Gasteiger partial charge in [0.05, 0.1) is 0 Å². The Morgan fingerprint density at radius 3 is 2.71 bits per heavy atom. The number of piperazine rings is 1. The van der Waals surface area contributed by atoms with E-state index >= 15 is 0 Å². The second kappa shape index (κ2) is 6.21. The molecule has 100 valence electrons. The van der Waals surface area contributed by atoms with Crippen LogP contribution in [-0.2, 0) is 9.59 Å². The molecule has 17 heavy (non-hydrogen) atoms. The second-order valence-electron chi connectivity index (χ2n) is 4.88. The number of carbonyl (C=O) groups is 2. The van der Waals surface area contributed by atoms with Gasteiger partial charge in [-0.3, -0.25) is 9.59 Å². The zero-order chi connectivity index (χ0) is 12.3. The van der Waals surface area contributed by atoms with Crippen molar-refractivity contribution in [1.29, 1.82) is 0 Å². The number of nitrogens with zero attached hydrogens (tertiary/aromatic N) is 1. The van der Waals surface area contributed by atoms with Crippen LogP contribution in [0.25, 0.3) is 0 Å². The number of amides is 2. The highest BCUT2D eigenvalue weighted by molar-refractivity contribution is 5.91. The first-order chi connectivity index (χ1) is 7.35. The van der Waals surface area contributed by atoms with Crippen molar-refractivity contribution in [2.45, 2.75) is 45.2 Å². The van der Waals surface area contributed by atoms with E-state index in [0.29, 0.717) is 25.9 Å². The summed E-state index contributed by atoms with van der Waals surface area (Å²) in [6.45, 7) is 6.53. The molecule has 0 bridgehead atoms. The summed E-state index contributed by atoms with van der Waals surface area (Å²) in [6, 6.07) is 0.0191. The molecule has 0 radical (unpaired) electrons. The van der Waals surface area contributed by atoms with Crippen LogP contribution in [0.1, 0.15) is 33.6 Å². The molecule has 1 unspecified atom stereocenters. The third-order valence-electron chi connectivity index (χ3n) is 2.97. The molecule has 1 heterocycles. The first-order valence-corrected chi connectivity index (χ1v) is 5.70. The Morgan fingerprint density at radius 1 is 1.59 bits per heavy atom. The van der Waals surface area contributed by atoms with Crippen LogP contribution in [0.4, 0.5) is 0 Å². The summed E-state index contributed by atoms with van der Waals surface area (Å²) in [7, 11) is 0. The van der Waals surface area contributed by atoms with Crippen LogP contribution in [0.3, 0.4) is 0 Å². The lowest BCUT2D eigenvalue weighted by atomic mass is 9.98. The Kier molecular flexibility index (Phi) is 5.92. The lowest BCUT2D eigenvalue weighted by Crippen LogP contribution is -2.63. The van der Waals surface area contributed by atoms with Crippen LogP contribution in [-0.4, -0.2) is 41.4 Å². The predicted molar refractivity (Wildman–Crippen MR) is 68.9 cm³/mol. The van der Waals surface area contributed by atoms with Gasteiger partial charge in [0.25, 0.3) is 0 Å². The summed E-state index contributed by atoms with van der Waals surface area (Å²) in [5.74, 6) is -0.0787. The van der Waals surface area contributed by atoms with E-state index in [0.717, 1.165) is 0 Å². The Morgan fingerprint density at radius 2 is 2.18 bits per heavy atom. The minimum atomic E-state index is -0.743. The van der Waals surface area contributed by atoms with E-state index in [1.165, 1.54) is 0 Å². The van der Waals surface area contributed by atoms with Crippen molar-refractivity contribution in [3.63, 3.8) is 0 Å². The van der Waals surface area contributed by atoms with Gasteiger partial charge in [-0.1, -0.05) is 0 Å². The second-order valence-corrected chi connectivity index (χ2v) is 4.88. The van der Waals surface area contributed by atoms with Crippen molar-refractivity contribution in [3.05, 3.63) is 0 Å². The zero-order valence-electron chi connectivity index (χ0n) is 10.7. The minimum Gasteiger partial charge on any atom is -0.352 e. The highest BCUT2D eigenvalue weighted by atomic mass is 35.5. The molecular formula is C11H22ClN3O2. The number of halogens is 1. The molecule has 3 N–H and O–H groups in total. The maximum absolute atomic E-state index is 12.0. The molecule has 2 amide bonds. The van der Waals surface area contributed by atoms with Gasteiger partial charge in [-0.2, -0.15) is 0 Å². The van der Waals surface area contributed by atoms with Crippen LogP contribution >= 0.6 is 12.4 Å². The molecule has 5 nitrogen and oxygen atoms in total. The van der Waals surface area contributed by atoms with Gasteiger partial charge in [0.1, 0.15) is 5.54 Å². The first-order valence-electron chi connectivity index (χ1n) is 5.70. The number of carbonyl (C=O) groups excluding carboxylic acids is 2. The van der Waals surface area contributed by atoms with Gasteiger partial charge in [-0.25, -0.2) is 0 Å². The van der Waals surface area contributed by atoms with Gasteiger partial charge in [-0.15, -0.1) is 12.4 Å². The van der Waals surface area contributed by atoms with Crippen LogP contribution in [0.15, 0.2) is 0 Å². The molecule has 0 saturated carbocycles. The number of hydrogen-bond donors (Lipinski definition) is 2. The Labute approximate surface area is 109 Å². The largest absolute Gasteiger partial charge is 0.352 e. The smallest absolute Gasteiger partial charge is 0.245 e. The van der Waals surface area contributed by atoms with E-state index in [2.05, 4.69) is 5.32 Å². The SMILES string of the molecule is CC(N)CCC(=O)N1CCNC(=O)C1(C)C.Cl. The van der Waals surface area contributed by atoms with Crippen LogP contribution in [0.2, 0.25) is 0 Å². The summed E-state index contributed by atoms with van der Waals surface area (Å²) in [6.07, 6.45) is 1.07. The number of nitrogens with two attached hydrogens (primary N) is 1. The fraction of sp³-hybridized carbons (Fsp3) is 0.818. The molecule has 1 saturated heterocycles. The van der Waals surface area contributed by atoms with Crippen molar-refractivity contribution >= 4 is 24.2 Å². The van der Waals surface area contributed by atoms with Crippen LogP contribution < -0.4 is 11.1 Å².